The van der Waals surface area contributed by atoms with Gasteiger partial charge < -0.3 is 5.11 Å². The molecule has 3 rings (SSSR count). The summed E-state index contributed by atoms with van der Waals surface area (Å²) < 4.78 is 1.68. The van der Waals surface area contributed by atoms with E-state index in [1.807, 2.05) is 56.4 Å². The van der Waals surface area contributed by atoms with Gasteiger partial charge in [0, 0.05) is 24.4 Å². The van der Waals surface area contributed by atoms with E-state index in [2.05, 4.69) is 10.1 Å². The third kappa shape index (κ3) is 2.05. The normalized spacial score (nSPS) is 10.7. The Morgan fingerprint density at radius 1 is 1.05 bits per heavy atom. The fourth-order valence-electron chi connectivity index (χ4n) is 2.15. The first kappa shape index (κ1) is 12.4. The molecule has 1 N–H and O–H groups in total. The summed E-state index contributed by atoms with van der Waals surface area (Å²) in [6.45, 7) is 1.84. The Bertz CT molecular complexity index is 748. The summed E-state index contributed by atoms with van der Waals surface area (Å²) >= 11 is 0. The molecule has 0 saturated carbocycles. The maximum absolute atomic E-state index is 10.1. The highest BCUT2D eigenvalue weighted by atomic mass is 16.3. The van der Waals surface area contributed by atoms with Crippen LogP contribution < -0.4 is 0 Å². The molecule has 1 aromatic carbocycles. The highest BCUT2D eigenvalue weighted by Gasteiger charge is 2.14. The summed E-state index contributed by atoms with van der Waals surface area (Å²) in [6.07, 6.45) is 1.77. The zero-order valence-corrected chi connectivity index (χ0v) is 11.4. The highest BCUT2D eigenvalue weighted by molar-refractivity contribution is 5.73. The number of pyridine rings is 1. The van der Waals surface area contributed by atoms with E-state index in [0.717, 1.165) is 22.5 Å². The number of benzene rings is 1. The molecule has 0 saturated heterocycles. The molecule has 0 unspecified atom stereocenters. The Labute approximate surface area is 117 Å². The van der Waals surface area contributed by atoms with Gasteiger partial charge in [-0.1, -0.05) is 24.3 Å². The van der Waals surface area contributed by atoms with Gasteiger partial charge in [0.15, 0.2) is 5.75 Å². The van der Waals surface area contributed by atoms with Crippen molar-refractivity contribution < 1.29 is 5.11 Å². The van der Waals surface area contributed by atoms with Crippen LogP contribution in [0.15, 0.2) is 48.7 Å². The Kier molecular flexibility index (Phi) is 2.99. The Morgan fingerprint density at radius 2 is 1.85 bits per heavy atom. The van der Waals surface area contributed by atoms with Crippen LogP contribution in [-0.4, -0.2) is 19.9 Å². The molecule has 4 nitrogen and oxygen atoms in total. The topological polar surface area (TPSA) is 50.9 Å². The Balaban J connectivity index is 2.10. The van der Waals surface area contributed by atoms with Crippen molar-refractivity contribution in [2.24, 2.45) is 7.05 Å². The minimum Gasteiger partial charge on any atom is -0.504 e. The zero-order valence-electron chi connectivity index (χ0n) is 11.4. The van der Waals surface area contributed by atoms with Crippen LogP contribution in [0.5, 0.6) is 5.75 Å². The van der Waals surface area contributed by atoms with Crippen LogP contribution >= 0.6 is 0 Å². The molecule has 0 fully saturated rings. The summed E-state index contributed by atoms with van der Waals surface area (Å²) in [5.41, 5.74) is 4.15. The van der Waals surface area contributed by atoms with Gasteiger partial charge in [0.25, 0.3) is 0 Å². The summed E-state index contributed by atoms with van der Waals surface area (Å²) in [5, 5.41) is 14.5. The number of aromatic hydroxyl groups is 1. The quantitative estimate of drug-likeness (QED) is 0.774. The molecule has 0 aliphatic rings. The van der Waals surface area contributed by atoms with E-state index in [0.29, 0.717) is 5.69 Å². The van der Waals surface area contributed by atoms with E-state index in [9.17, 15) is 5.11 Å². The lowest BCUT2D eigenvalue weighted by Gasteiger charge is -2.03. The van der Waals surface area contributed by atoms with Gasteiger partial charge >= 0.3 is 0 Å². The minimum atomic E-state index is 0.227. The first-order chi connectivity index (χ1) is 9.66. The van der Waals surface area contributed by atoms with Crippen LogP contribution in [0.25, 0.3) is 22.5 Å². The predicted octanol–water partition coefficient (Wildman–Crippen LogP) is 3.16. The van der Waals surface area contributed by atoms with E-state index in [1.165, 1.54) is 0 Å². The summed E-state index contributed by atoms with van der Waals surface area (Å²) in [4.78, 5) is 4.34. The zero-order chi connectivity index (χ0) is 14.1. The van der Waals surface area contributed by atoms with Crippen molar-refractivity contribution in [1.29, 1.82) is 0 Å². The number of hydrogen-bond acceptors (Lipinski definition) is 3. The molecular weight excluding hydrogens is 250 g/mol. The smallest absolute Gasteiger partial charge is 0.164 e. The molecule has 20 heavy (non-hydrogen) atoms. The van der Waals surface area contributed by atoms with E-state index in [1.54, 1.807) is 10.9 Å². The van der Waals surface area contributed by atoms with Crippen LogP contribution in [-0.2, 0) is 7.05 Å². The molecule has 2 aromatic heterocycles. The average Bonchev–Trinajstić information content (AvgIpc) is 2.76. The molecule has 0 aliphatic heterocycles. The molecule has 0 spiro atoms. The van der Waals surface area contributed by atoms with Crippen LogP contribution in [0.4, 0.5) is 0 Å². The summed E-state index contributed by atoms with van der Waals surface area (Å²) in [6, 6.07) is 13.7. The molecule has 2 heterocycles. The van der Waals surface area contributed by atoms with Crippen LogP contribution in [0.1, 0.15) is 5.69 Å². The van der Waals surface area contributed by atoms with E-state index >= 15 is 0 Å². The van der Waals surface area contributed by atoms with Gasteiger partial charge in [-0.05, 0) is 25.1 Å². The lowest BCUT2D eigenvalue weighted by molar-refractivity contribution is 0.471. The third-order valence-electron chi connectivity index (χ3n) is 3.40. The molecule has 0 aliphatic carbocycles. The van der Waals surface area contributed by atoms with E-state index in [-0.39, 0.29) is 5.75 Å². The van der Waals surface area contributed by atoms with Gasteiger partial charge in [0.1, 0.15) is 5.69 Å². The van der Waals surface area contributed by atoms with Crippen molar-refractivity contribution in [2.75, 3.05) is 0 Å². The van der Waals surface area contributed by atoms with Crippen LogP contribution in [0.2, 0.25) is 0 Å². The van der Waals surface area contributed by atoms with Gasteiger partial charge in [-0.15, -0.1) is 0 Å². The first-order valence-electron chi connectivity index (χ1n) is 6.41. The average molecular weight is 265 g/mol. The molecule has 3 aromatic rings. The van der Waals surface area contributed by atoms with Crippen molar-refractivity contribution in [3.05, 3.63) is 54.4 Å². The monoisotopic (exact) mass is 265 g/mol. The number of nitrogens with zero attached hydrogens (tertiary/aromatic N) is 3. The highest BCUT2D eigenvalue weighted by Crippen LogP contribution is 2.32. The standard InChI is InChI=1S/C16H15N3O/c1-11-16(20)15(18-19(11)2)13-7-5-6-12(10-13)14-8-3-4-9-17-14/h3-10,20H,1-2H3. The maximum atomic E-state index is 10.1. The minimum absolute atomic E-state index is 0.227. The fraction of sp³-hybridized carbons (Fsp3) is 0.125. The van der Waals surface area contributed by atoms with Crippen molar-refractivity contribution in [3.8, 4) is 28.3 Å². The number of aryl methyl sites for hydroxylation is 1. The number of rotatable bonds is 2. The van der Waals surface area contributed by atoms with Crippen molar-refractivity contribution in [1.82, 2.24) is 14.8 Å². The second-order valence-electron chi connectivity index (χ2n) is 4.70. The van der Waals surface area contributed by atoms with E-state index < -0.39 is 0 Å². The lowest BCUT2D eigenvalue weighted by atomic mass is 10.0. The fourth-order valence-corrected chi connectivity index (χ4v) is 2.15. The Hall–Kier alpha value is -2.62. The molecule has 0 amide bonds. The van der Waals surface area contributed by atoms with Gasteiger partial charge in [-0.25, -0.2) is 0 Å². The van der Waals surface area contributed by atoms with Gasteiger partial charge in [-0.3, -0.25) is 9.67 Å². The van der Waals surface area contributed by atoms with Crippen molar-refractivity contribution in [2.45, 2.75) is 6.92 Å². The number of hydrogen-bond donors (Lipinski definition) is 1. The Morgan fingerprint density at radius 3 is 2.50 bits per heavy atom. The van der Waals surface area contributed by atoms with Gasteiger partial charge in [0.2, 0.25) is 0 Å². The third-order valence-corrected chi connectivity index (χ3v) is 3.40. The number of aromatic nitrogens is 3. The second-order valence-corrected chi connectivity index (χ2v) is 4.70. The summed E-state index contributed by atoms with van der Waals surface area (Å²) in [7, 11) is 1.82. The predicted molar refractivity (Wildman–Crippen MR) is 78.3 cm³/mol. The maximum Gasteiger partial charge on any atom is 0.164 e. The largest absolute Gasteiger partial charge is 0.504 e. The van der Waals surface area contributed by atoms with Crippen molar-refractivity contribution >= 4 is 0 Å². The lowest BCUT2D eigenvalue weighted by Crippen LogP contribution is -1.92. The molecule has 0 atom stereocenters. The summed E-state index contributed by atoms with van der Waals surface area (Å²) in [5.74, 6) is 0.227. The first-order valence-corrected chi connectivity index (χ1v) is 6.41. The molecular formula is C16H15N3O. The van der Waals surface area contributed by atoms with Gasteiger partial charge in [0.05, 0.1) is 11.4 Å². The van der Waals surface area contributed by atoms with Crippen LogP contribution in [0, 0.1) is 6.92 Å². The van der Waals surface area contributed by atoms with E-state index in [4.69, 9.17) is 0 Å². The molecule has 0 bridgehead atoms. The molecule has 100 valence electrons. The van der Waals surface area contributed by atoms with Crippen LogP contribution in [0.3, 0.4) is 0 Å². The molecule has 0 radical (unpaired) electrons. The second kappa shape index (κ2) is 4.81. The SMILES string of the molecule is Cc1c(O)c(-c2cccc(-c3ccccn3)c2)nn1C. The van der Waals surface area contributed by atoms with Gasteiger partial charge in [-0.2, -0.15) is 5.10 Å². The molecule has 4 heteroatoms. The van der Waals surface area contributed by atoms with Crippen molar-refractivity contribution in [3.63, 3.8) is 0 Å².